The molecule has 0 aromatic heterocycles. The summed E-state index contributed by atoms with van der Waals surface area (Å²) in [7, 11) is 1.66. The number of nitrogens with one attached hydrogen (secondary N) is 1. The highest BCUT2D eigenvalue weighted by Crippen LogP contribution is 2.20. The molecular weight excluding hydrogens is 368 g/mol. The molecule has 0 saturated carbocycles. The smallest absolute Gasteiger partial charge is 0.242 e. The lowest BCUT2D eigenvalue weighted by atomic mass is 10.1. The van der Waals surface area contributed by atoms with Crippen molar-refractivity contribution < 1.29 is 19.4 Å². The number of nitrogens with zero attached hydrogens (tertiary/aromatic N) is 1. The molecule has 1 aliphatic heterocycles. The Hall–Kier alpha value is -1.79. The van der Waals surface area contributed by atoms with Crippen molar-refractivity contribution in [1.82, 2.24) is 10.2 Å². The van der Waals surface area contributed by atoms with Gasteiger partial charge in [0.25, 0.3) is 0 Å². The van der Waals surface area contributed by atoms with E-state index in [0.717, 1.165) is 12.0 Å². The van der Waals surface area contributed by atoms with Crippen LogP contribution in [0, 0.1) is 0 Å². The highest BCUT2D eigenvalue weighted by Gasteiger charge is 2.23. The van der Waals surface area contributed by atoms with Crippen LogP contribution in [0.2, 0.25) is 0 Å². The lowest BCUT2D eigenvalue weighted by Gasteiger charge is -2.25. The number of carbonyl (C=O) groups is 2. The fourth-order valence-electron chi connectivity index (χ4n) is 3.05. The molecule has 1 aromatic carbocycles. The molecule has 0 spiro atoms. The fraction of sp³-hybridized carbons (Fsp3) is 0.600. The molecule has 6 nitrogen and oxygen atoms in total. The van der Waals surface area contributed by atoms with E-state index >= 15 is 0 Å². The third-order valence-electron chi connectivity index (χ3n) is 4.97. The first-order valence-corrected chi connectivity index (χ1v) is 9.98. The summed E-state index contributed by atoms with van der Waals surface area (Å²) in [5.74, 6) is 0.542. The Morgan fingerprint density at radius 1 is 1.33 bits per heavy atom. The molecule has 1 unspecified atom stereocenters. The van der Waals surface area contributed by atoms with Gasteiger partial charge in [0.15, 0.2) is 0 Å². The van der Waals surface area contributed by atoms with E-state index in [1.54, 1.807) is 14.0 Å². The topological polar surface area (TPSA) is 78.9 Å². The number of hydrogen-bond acceptors (Lipinski definition) is 4. The zero-order valence-corrected chi connectivity index (χ0v) is 16.7. The number of rotatable bonds is 2. The van der Waals surface area contributed by atoms with Crippen LogP contribution in [0.4, 0.5) is 0 Å². The Morgan fingerprint density at radius 3 is 2.85 bits per heavy atom. The van der Waals surface area contributed by atoms with E-state index in [-0.39, 0.29) is 17.7 Å². The summed E-state index contributed by atoms with van der Waals surface area (Å²) in [6.07, 6.45) is 1.79. The van der Waals surface area contributed by atoms with Crippen molar-refractivity contribution in [3.05, 3.63) is 29.8 Å². The van der Waals surface area contributed by atoms with Crippen molar-refractivity contribution in [1.29, 1.82) is 0 Å². The molecule has 2 bridgehead atoms. The first-order chi connectivity index (χ1) is 12.9. The Kier molecular flexibility index (Phi) is 8.38. The average molecular weight is 397 g/mol. The summed E-state index contributed by atoms with van der Waals surface area (Å²) in [4.78, 5) is 26.1. The number of aliphatic hydroxyl groups excluding tert-OH is 1. The maximum absolute atomic E-state index is 12.3. The summed E-state index contributed by atoms with van der Waals surface area (Å²) in [5, 5.41) is 13.1. The summed E-state index contributed by atoms with van der Waals surface area (Å²) in [6.45, 7) is 2.21. The summed E-state index contributed by atoms with van der Waals surface area (Å²) >= 11 is 5.82. The van der Waals surface area contributed by atoms with Crippen molar-refractivity contribution in [2.24, 2.45) is 0 Å². The predicted octanol–water partition coefficient (Wildman–Crippen LogP) is 2.11. The maximum atomic E-state index is 12.3. The summed E-state index contributed by atoms with van der Waals surface area (Å²) < 4.78 is 5.98. The van der Waals surface area contributed by atoms with E-state index in [4.69, 9.17) is 16.3 Å². The molecule has 7 heteroatoms. The Bertz CT molecular complexity index is 640. The lowest BCUT2D eigenvalue weighted by molar-refractivity contribution is -0.138. The first kappa shape index (κ1) is 21.5. The molecule has 150 valence electrons. The van der Waals surface area contributed by atoms with Gasteiger partial charge >= 0.3 is 0 Å². The van der Waals surface area contributed by atoms with E-state index in [9.17, 15) is 14.7 Å². The minimum absolute atomic E-state index is 0.0645. The highest BCUT2D eigenvalue weighted by atomic mass is 35.5. The van der Waals surface area contributed by atoms with E-state index < -0.39 is 18.2 Å². The molecule has 1 aromatic rings. The molecule has 0 saturated heterocycles. The van der Waals surface area contributed by atoms with Crippen LogP contribution >= 0.6 is 11.6 Å². The summed E-state index contributed by atoms with van der Waals surface area (Å²) in [5.41, 5.74) is 1.02. The monoisotopic (exact) mass is 396 g/mol. The molecule has 0 radical (unpaired) electrons. The van der Waals surface area contributed by atoms with Crippen LogP contribution in [0.3, 0.4) is 0 Å². The normalized spacial score (nSPS) is 24.1. The third-order valence-corrected chi connectivity index (χ3v) is 5.29. The molecule has 0 aliphatic carbocycles. The number of likely N-dealkylation sites (N-methyl/N-ethyl adjacent to an activating group) is 1. The van der Waals surface area contributed by atoms with Gasteiger partial charge in [-0.2, -0.15) is 0 Å². The number of amides is 2. The van der Waals surface area contributed by atoms with Crippen LogP contribution in [0.5, 0.6) is 5.75 Å². The summed E-state index contributed by atoms with van der Waals surface area (Å²) in [6, 6.07) is 7.12. The second-order valence-corrected chi connectivity index (χ2v) is 7.30. The molecule has 27 heavy (non-hydrogen) atoms. The predicted molar refractivity (Wildman–Crippen MR) is 105 cm³/mol. The van der Waals surface area contributed by atoms with Crippen molar-refractivity contribution >= 4 is 23.4 Å². The molecule has 2 N–H and O–H groups in total. The van der Waals surface area contributed by atoms with Crippen molar-refractivity contribution in [2.75, 3.05) is 19.5 Å². The Morgan fingerprint density at radius 2 is 2.11 bits per heavy atom. The Labute approximate surface area is 165 Å². The van der Waals surface area contributed by atoms with Crippen LogP contribution in [0.25, 0.3) is 0 Å². The van der Waals surface area contributed by atoms with Crippen molar-refractivity contribution in [3.63, 3.8) is 0 Å². The number of halogens is 1. The molecule has 3 atom stereocenters. The lowest BCUT2D eigenvalue weighted by Crippen LogP contribution is -2.46. The van der Waals surface area contributed by atoms with Crippen LogP contribution < -0.4 is 10.1 Å². The van der Waals surface area contributed by atoms with Crippen LogP contribution in [0.15, 0.2) is 24.3 Å². The largest absolute Gasteiger partial charge is 0.488 e. The van der Waals surface area contributed by atoms with Crippen molar-refractivity contribution in [2.45, 2.75) is 57.3 Å². The zero-order valence-electron chi connectivity index (χ0n) is 16.0. The Balaban J connectivity index is 2.16. The maximum Gasteiger partial charge on any atom is 0.242 e. The van der Waals surface area contributed by atoms with Gasteiger partial charge in [-0.15, -0.1) is 11.6 Å². The van der Waals surface area contributed by atoms with Gasteiger partial charge in [0.2, 0.25) is 11.8 Å². The molecule has 1 aliphatic rings. The third kappa shape index (κ3) is 6.40. The first-order valence-electron chi connectivity index (χ1n) is 9.45. The molecule has 2 rings (SSSR count). The van der Waals surface area contributed by atoms with Gasteiger partial charge in [-0.05, 0) is 50.3 Å². The van der Waals surface area contributed by atoms with Gasteiger partial charge in [-0.1, -0.05) is 12.1 Å². The molecule has 2 amide bonds. The van der Waals surface area contributed by atoms with Gasteiger partial charge in [-0.3, -0.25) is 9.59 Å². The van der Waals surface area contributed by atoms with E-state index in [1.807, 2.05) is 24.3 Å². The second-order valence-electron chi connectivity index (χ2n) is 6.99. The number of alkyl halides is 1. The number of hydrogen-bond donors (Lipinski definition) is 2. The van der Waals surface area contributed by atoms with Crippen LogP contribution in [-0.4, -0.2) is 59.5 Å². The van der Waals surface area contributed by atoms with Gasteiger partial charge in [0, 0.05) is 20.0 Å². The van der Waals surface area contributed by atoms with E-state index in [2.05, 4.69) is 5.32 Å². The number of carbonyl (C=O) groups excluding carboxylic acids is 2. The second kappa shape index (κ2) is 10.5. The molecule has 0 fully saturated rings. The zero-order chi connectivity index (χ0) is 19.8. The minimum Gasteiger partial charge on any atom is -0.488 e. The SMILES string of the molecule is C[C@H]1C(=O)NCCc2cccc(c2)OC([C@H](O)CCl)CCCCC(=O)N1C. The van der Waals surface area contributed by atoms with Gasteiger partial charge in [0.05, 0.1) is 5.88 Å². The van der Waals surface area contributed by atoms with Crippen LogP contribution in [0.1, 0.15) is 38.2 Å². The van der Waals surface area contributed by atoms with Gasteiger partial charge < -0.3 is 20.1 Å². The van der Waals surface area contributed by atoms with E-state index in [0.29, 0.717) is 38.0 Å². The minimum atomic E-state index is -0.771. The highest BCUT2D eigenvalue weighted by molar-refractivity contribution is 6.18. The molecular formula is C20H29ClN2O4. The number of benzene rings is 1. The van der Waals surface area contributed by atoms with Crippen LogP contribution in [-0.2, 0) is 16.0 Å². The van der Waals surface area contributed by atoms with Gasteiger partial charge in [-0.25, -0.2) is 0 Å². The average Bonchev–Trinajstić information content (AvgIpc) is 2.67. The number of ether oxygens (including phenoxy) is 1. The fourth-order valence-corrected chi connectivity index (χ4v) is 3.24. The van der Waals surface area contributed by atoms with Crippen molar-refractivity contribution in [3.8, 4) is 5.75 Å². The molecule has 1 heterocycles. The standard InChI is InChI=1S/C20H29ClN2O4/c1-14-20(26)22-11-10-15-6-5-7-16(12-15)27-18(17(24)13-21)8-3-4-9-19(25)23(14)2/h5-7,12,14,17-18,24H,3-4,8-11,13H2,1-2H3,(H,22,26)/t14-,17+,18?/m0/s1. The van der Waals surface area contributed by atoms with E-state index in [1.165, 1.54) is 4.90 Å². The quantitative estimate of drug-likeness (QED) is 0.750. The van der Waals surface area contributed by atoms with Gasteiger partial charge in [0.1, 0.15) is 24.0 Å². The number of aliphatic hydroxyl groups is 1. The number of fused-ring (bicyclic) bond motifs is 2.